The van der Waals surface area contributed by atoms with Crippen LogP contribution >= 0.6 is 0 Å². The summed E-state index contributed by atoms with van der Waals surface area (Å²) in [6.07, 6.45) is 6.82. The molecule has 1 unspecified atom stereocenters. The topological polar surface area (TPSA) is 30.5 Å². The number of nitrogens with one attached hydrogen (secondary N) is 1. The van der Waals surface area contributed by atoms with Crippen molar-refractivity contribution in [3.05, 3.63) is 12.2 Å². The van der Waals surface area contributed by atoms with E-state index in [1.54, 1.807) is 7.11 Å². The molecule has 1 fully saturated rings. The first-order valence-electron chi connectivity index (χ1n) is 5.32. The quantitative estimate of drug-likeness (QED) is 0.598. The summed E-state index contributed by atoms with van der Waals surface area (Å²) in [5, 5.41) is 3.44. The van der Waals surface area contributed by atoms with Crippen LogP contribution in [0.3, 0.4) is 0 Å². The van der Waals surface area contributed by atoms with E-state index in [4.69, 9.17) is 9.47 Å². The smallest absolute Gasteiger partial charge is 0.0936 e. The molecule has 0 radical (unpaired) electrons. The van der Waals surface area contributed by atoms with Crippen molar-refractivity contribution in [2.24, 2.45) is 0 Å². The summed E-state index contributed by atoms with van der Waals surface area (Å²) >= 11 is 0. The maximum absolute atomic E-state index is 5.63. The second-order valence-corrected chi connectivity index (χ2v) is 3.66. The van der Waals surface area contributed by atoms with Gasteiger partial charge in [-0.1, -0.05) is 12.2 Å². The molecule has 1 rings (SSSR count). The molecule has 3 heteroatoms. The predicted octanol–water partition coefficient (Wildman–Crippen LogP) is 1.35. The molecule has 0 aromatic carbocycles. The van der Waals surface area contributed by atoms with Gasteiger partial charge in [-0.2, -0.15) is 0 Å². The summed E-state index contributed by atoms with van der Waals surface area (Å²) in [5.41, 5.74) is 0. The van der Waals surface area contributed by atoms with Gasteiger partial charge in [-0.3, -0.25) is 0 Å². The molecule has 0 saturated heterocycles. The Kier molecular flexibility index (Phi) is 5.83. The van der Waals surface area contributed by atoms with Crippen LogP contribution in [-0.2, 0) is 9.47 Å². The Bertz CT molecular complexity index is 167. The monoisotopic (exact) mass is 199 g/mol. The Morgan fingerprint density at radius 3 is 2.86 bits per heavy atom. The van der Waals surface area contributed by atoms with Crippen LogP contribution in [0.15, 0.2) is 12.2 Å². The highest BCUT2D eigenvalue weighted by atomic mass is 16.5. The third-order valence-corrected chi connectivity index (χ3v) is 2.23. The maximum Gasteiger partial charge on any atom is 0.0936 e. The summed E-state index contributed by atoms with van der Waals surface area (Å²) in [7, 11) is 1.71. The van der Waals surface area contributed by atoms with E-state index in [1.807, 2.05) is 19.1 Å². The van der Waals surface area contributed by atoms with E-state index in [0.29, 0.717) is 13.2 Å². The van der Waals surface area contributed by atoms with Crippen LogP contribution in [0.25, 0.3) is 0 Å². The maximum atomic E-state index is 5.63. The lowest BCUT2D eigenvalue weighted by atomic mass is 10.3. The second-order valence-electron chi connectivity index (χ2n) is 3.66. The molecule has 0 amide bonds. The van der Waals surface area contributed by atoms with Crippen LogP contribution in [0, 0.1) is 0 Å². The molecule has 1 aliphatic rings. The highest BCUT2D eigenvalue weighted by Gasteiger charge is 2.21. The van der Waals surface area contributed by atoms with Crippen LogP contribution in [0.1, 0.15) is 19.8 Å². The van der Waals surface area contributed by atoms with Gasteiger partial charge in [0.05, 0.1) is 19.3 Å². The Morgan fingerprint density at radius 1 is 1.50 bits per heavy atom. The average molecular weight is 199 g/mol. The number of hydrogen-bond acceptors (Lipinski definition) is 3. The highest BCUT2D eigenvalue weighted by Crippen LogP contribution is 2.18. The standard InChI is InChI=1S/C11H21NO2/c1-3-4-7-14-11(9-13-2)8-12-10-5-6-10/h3-4,10-12H,5-9H2,1-2H3/b4-3+. The summed E-state index contributed by atoms with van der Waals surface area (Å²) < 4.78 is 10.7. The molecule has 1 aliphatic carbocycles. The van der Waals surface area contributed by atoms with Crippen molar-refractivity contribution < 1.29 is 9.47 Å². The summed E-state index contributed by atoms with van der Waals surface area (Å²) in [6, 6.07) is 0.736. The lowest BCUT2D eigenvalue weighted by Crippen LogP contribution is -2.33. The van der Waals surface area contributed by atoms with E-state index in [9.17, 15) is 0 Å². The van der Waals surface area contributed by atoms with Crippen molar-refractivity contribution in [3.63, 3.8) is 0 Å². The van der Waals surface area contributed by atoms with Gasteiger partial charge in [0.15, 0.2) is 0 Å². The molecule has 0 aliphatic heterocycles. The minimum Gasteiger partial charge on any atom is -0.382 e. The second kappa shape index (κ2) is 6.98. The molecule has 0 bridgehead atoms. The molecule has 0 aromatic rings. The van der Waals surface area contributed by atoms with Crippen LogP contribution in [0.4, 0.5) is 0 Å². The van der Waals surface area contributed by atoms with Crippen LogP contribution in [0.2, 0.25) is 0 Å². The van der Waals surface area contributed by atoms with E-state index in [1.165, 1.54) is 12.8 Å². The number of allylic oxidation sites excluding steroid dienone is 1. The third-order valence-electron chi connectivity index (χ3n) is 2.23. The lowest BCUT2D eigenvalue weighted by molar-refractivity contribution is 0.0118. The van der Waals surface area contributed by atoms with E-state index < -0.39 is 0 Å². The largest absolute Gasteiger partial charge is 0.382 e. The first-order valence-corrected chi connectivity index (χ1v) is 5.32. The molecule has 0 heterocycles. The fourth-order valence-electron chi connectivity index (χ4n) is 1.23. The molecular formula is C11H21NO2. The van der Waals surface area contributed by atoms with Crippen LogP contribution < -0.4 is 5.32 Å². The molecule has 0 spiro atoms. The number of rotatable bonds is 8. The molecule has 1 saturated carbocycles. The van der Waals surface area contributed by atoms with Gasteiger partial charge in [-0.25, -0.2) is 0 Å². The zero-order valence-corrected chi connectivity index (χ0v) is 9.16. The highest BCUT2D eigenvalue weighted by molar-refractivity contribution is 4.82. The van der Waals surface area contributed by atoms with E-state index in [0.717, 1.165) is 12.6 Å². The molecule has 1 N–H and O–H groups in total. The van der Waals surface area contributed by atoms with Gasteiger partial charge in [-0.15, -0.1) is 0 Å². The predicted molar refractivity (Wildman–Crippen MR) is 57.5 cm³/mol. The van der Waals surface area contributed by atoms with Crippen molar-refractivity contribution in [1.29, 1.82) is 0 Å². The van der Waals surface area contributed by atoms with Crippen molar-refractivity contribution in [3.8, 4) is 0 Å². The Morgan fingerprint density at radius 2 is 2.29 bits per heavy atom. The summed E-state index contributed by atoms with van der Waals surface area (Å²) in [4.78, 5) is 0. The zero-order chi connectivity index (χ0) is 10.2. The lowest BCUT2D eigenvalue weighted by Gasteiger charge is -2.16. The Hall–Kier alpha value is -0.380. The average Bonchev–Trinajstić information content (AvgIpc) is 2.98. The Labute approximate surface area is 86.5 Å². The van der Waals surface area contributed by atoms with Gasteiger partial charge in [0, 0.05) is 19.7 Å². The van der Waals surface area contributed by atoms with Crippen LogP contribution in [0.5, 0.6) is 0 Å². The van der Waals surface area contributed by atoms with Crippen molar-refractivity contribution in [2.75, 3.05) is 26.9 Å². The van der Waals surface area contributed by atoms with Crippen molar-refractivity contribution in [1.82, 2.24) is 5.32 Å². The first-order chi connectivity index (χ1) is 6.86. The number of methoxy groups -OCH3 is 1. The first kappa shape index (κ1) is 11.7. The molecule has 82 valence electrons. The molecule has 0 aromatic heterocycles. The molecular weight excluding hydrogens is 178 g/mol. The number of hydrogen-bond donors (Lipinski definition) is 1. The molecule has 3 nitrogen and oxygen atoms in total. The Balaban J connectivity index is 2.08. The van der Waals surface area contributed by atoms with Gasteiger partial charge in [0.1, 0.15) is 0 Å². The molecule has 14 heavy (non-hydrogen) atoms. The van der Waals surface area contributed by atoms with E-state index >= 15 is 0 Å². The number of ether oxygens (including phenoxy) is 2. The van der Waals surface area contributed by atoms with Gasteiger partial charge in [-0.05, 0) is 19.8 Å². The van der Waals surface area contributed by atoms with Crippen molar-refractivity contribution >= 4 is 0 Å². The minimum atomic E-state index is 0.178. The summed E-state index contributed by atoms with van der Waals surface area (Å²) in [5.74, 6) is 0. The van der Waals surface area contributed by atoms with Gasteiger partial charge < -0.3 is 14.8 Å². The van der Waals surface area contributed by atoms with Gasteiger partial charge in [0.2, 0.25) is 0 Å². The van der Waals surface area contributed by atoms with Gasteiger partial charge >= 0.3 is 0 Å². The minimum absolute atomic E-state index is 0.178. The van der Waals surface area contributed by atoms with Gasteiger partial charge in [0.25, 0.3) is 0 Å². The fraction of sp³-hybridized carbons (Fsp3) is 0.818. The third kappa shape index (κ3) is 5.37. The SMILES string of the molecule is C/C=C/COC(CNC1CC1)COC. The molecule has 1 atom stereocenters. The van der Waals surface area contributed by atoms with E-state index in [2.05, 4.69) is 5.32 Å². The fourth-order valence-corrected chi connectivity index (χ4v) is 1.23. The van der Waals surface area contributed by atoms with Crippen LogP contribution in [-0.4, -0.2) is 39.0 Å². The summed E-state index contributed by atoms with van der Waals surface area (Å²) in [6.45, 7) is 4.24. The zero-order valence-electron chi connectivity index (χ0n) is 9.16. The normalized spacial score (nSPS) is 19.0. The van der Waals surface area contributed by atoms with Crippen molar-refractivity contribution in [2.45, 2.75) is 31.9 Å². The van der Waals surface area contributed by atoms with E-state index in [-0.39, 0.29) is 6.10 Å².